The Morgan fingerprint density at radius 3 is 2.58 bits per heavy atom. The highest BCUT2D eigenvalue weighted by Crippen LogP contribution is 2.22. The Morgan fingerprint density at radius 2 is 2.00 bits per heavy atom. The monoisotopic (exact) mass is 173 g/mol. The minimum absolute atomic E-state index is 0.0144. The molecular weight excluding hydrogens is 164 g/mol. The third kappa shape index (κ3) is 1.99. The van der Waals surface area contributed by atoms with E-state index in [1.807, 2.05) is 0 Å². The summed E-state index contributed by atoms with van der Waals surface area (Å²) in [5, 5.41) is 0. The first-order valence-corrected chi connectivity index (χ1v) is 3.43. The summed E-state index contributed by atoms with van der Waals surface area (Å²) in [4.78, 5) is 4.29. The van der Waals surface area contributed by atoms with Gasteiger partial charge in [0.05, 0.1) is 6.61 Å². The molecule has 2 N–H and O–H groups in total. The molecule has 0 radical (unpaired) electrons. The van der Waals surface area contributed by atoms with Gasteiger partial charge >= 0.3 is 0 Å². The number of rotatable bonds is 3. The second-order valence-electron chi connectivity index (χ2n) is 2.31. The summed E-state index contributed by atoms with van der Waals surface area (Å²) < 4.78 is 24.5. The van der Waals surface area contributed by atoms with E-state index >= 15 is 0 Å². The van der Waals surface area contributed by atoms with Crippen molar-refractivity contribution in [3.05, 3.63) is 35.4 Å². The van der Waals surface area contributed by atoms with Crippen LogP contribution in [-0.2, 0) is 11.4 Å². The van der Waals surface area contributed by atoms with Gasteiger partial charge in [0, 0.05) is 5.56 Å². The Labute approximate surface area is 68.9 Å². The van der Waals surface area contributed by atoms with Gasteiger partial charge in [-0.3, -0.25) is 4.84 Å². The van der Waals surface area contributed by atoms with E-state index in [2.05, 4.69) is 4.84 Å². The molecule has 4 heteroatoms. The van der Waals surface area contributed by atoms with Crippen molar-refractivity contribution in [2.24, 2.45) is 5.90 Å². The van der Waals surface area contributed by atoms with Crippen molar-refractivity contribution >= 4 is 0 Å². The lowest BCUT2D eigenvalue weighted by Gasteiger charge is -2.05. The quantitative estimate of drug-likeness (QED) is 0.709. The number of hydrogen-bond donors (Lipinski definition) is 1. The van der Waals surface area contributed by atoms with Crippen molar-refractivity contribution < 1.29 is 13.6 Å². The fraction of sp³-hybridized carbons (Fsp3) is 0.250. The molecule has 0 aliphatic carbocycles. The number of nitrogens with two attached hydrogens (primary N) is 1. The zero-order valence-corrected chi connectivity index (χ0v) is 6.34. The average Bonchev–Trinajstić information content (AvgIpc) is 2.05. The van der Waals surface area contributed by atoms with Gasteiger partial charge in [0.2, 0.25) is 0 Å². The second kappa shape index (κ2) is 4.13. The Kier molecular flexibility index (Phi) is 3.13. The van der Waals surface area contributed by atoms with Gasteiger partial charge in [0.1, 0.15) is 0 Å². The van der Waals surface area contributed by atoms with Crippen LogP contribution in [-0.4, -0.2) is 0 Å². The fourth-order valence-electron chi connectivity index (χ4n) is 0.968. The molecule has 12 heavy (non-hydrogen) atoms. The zero-order valence-electron chi connectivity index (χ0n) is 6.34. The van der Waals surface area contributed by atoms with E-state index in [1.54, 1.807) is 18.2 Å². The van der Waals surface area contributed by atoms with Gasteiger partial charge < -0.3 is 0 Å². The van der Waals surface area contributed by atoms with Crippen LogP contribution in [0.3, 0.4) is 0 Å². The molecule has 0 unspecified atom stereocenters. The summed E-state index contributed by atoms with van der Waals surface area (Å²) in [5.41, 5.74) is 0.401. The summed E-state index contributed by atoms with van der Waals surface area (Å²) in [6.07, 6.45) is -2.48. The van der Waals surface area contributed by atoms with Crippen molar-refractivity contribution in [1.29, 1.82) is 0 Å². The van der Waals surface area contributed by atoms with Crippen LogP contribution in [0.5, 0.6) is 0 Å². The van der Waals surface area contributed by atoms with Gasteiger partial charge in [-0.1, -0.05) is 24.3 Å². The van der Waals surface area contributed by atoms with Crippen LogP contribution in [0, 0.1) is 0 Å². The lowest BCUT2D eigenvalue weighted by atomic mass is 10.1. The highest BCUT2D eigenvalue weighted by molar-refractivity contribution is 5.27. The van der Waals surface area contributed by atoms with Gasteiger partial charge in [0.15, 0.2) is 0 Å². The van der Waals surface area contributed by atoms with E-state index < -0.39 is 6.43 Å². The summed E-state index contributed by atoms with van der Waals surface area (Å²) in [6, 6.07) is 6.15. The van der Waals surface area contributed by atoms with Crippen LogP contribution >= 0.6 is 0 Å². The summed E-state index contributed by atoms with van der Waals surface area (Å²) >= 11 is 0. The molecule has 0 fully saturated rings. The molecule has 0 aliphatic heterocycles. The molecule has 0 amide bonds. The van der Waals surface area contributed by atoms with Crippen LogP contribution in [0.1, 0.15) is 17.6 Å². The number of hydrogen-bond acceptors (Lipinski definition) is 2. The first-order valence-electron chi connectivity index (χ1n) is 3.43. The molecule has 0 aliphatic rings. The second-order valence-corrected chi connectivity index (χ2v) is 2.31. The van der Waals surface area contributed by atoms with Crippen LogP contribution in [0.2, 0.25) is 0 Å². The fourth-order valence-corrected chi connectivity index (χ4v) is 0.968. The molecule has 0 saturated heterocycles. The molecule has 0 atom stereocenters. The Balaban J connectivity index is 2.92. The van der Waals surface area contributed by atoms with E-state index in [-0.39, 0.29) is 12.2 Å². The molecule has 0 spiro atoms. The molecule has 1 aromatic carbocycles. The number of halogens is 2. The Hall–Kier alpha value is -1.00. The van der Waals surface area contributed by atoms with E-state index in [4.69, 9.17) is 5.90 Å². The summed E-state index contributed by atoms with van der Waals surface area (Å²) in [6.45, 7) is 0.0144. The minimum atomic E-state index is -2.48. The molecular formula is C8H9F2NO. The van der Waals surface area contributed by atoms with E-state index in [0.717, 1.165) is 0 Å². The maximum Gasteiger partial charge on any atom is 0.264 e. The number of alkyl halides is 2. The third-order valence-corrected chi connectivity index (χ3v) is 1.53. The zero-order chi connectivity index (χ0) is 8.97. The minimum Gasteiger partial charge on any atom is -0.300 e. The Bertz CT molecular complexity index is 253. The third-order valence-electron chi connectivity index (χ3n) is 1.53. The van der Waals surface area contributed by atoms with E-state index in [9.17, 15) is 8.78 Å². The SMILES string of the molecule is NOCc1ccccc1C(F)F. The van der Waals surface area contributed by atoms with Crippen molar-refractivity contribution in [1.82, 2.24) is 0 Å². The molecule has 0 heterocycles. The van der Waals surface area contributed by atoms with E-state index in [0.29, 0.717) is 5.56 Å². The molecule has 0 saturated carbocycles. The van der Waals surface area contributed by atoms with Gasteiger partial charge in [-0.15, -0.1) is 0 Å². The largest absolute Gasteiger partial charge is 0.300 e. The van der Waals surface area contributed by atoms with Crippen LogP contribution in [0.25, 0.3) is 0 Å². The maximum atomic E-state index is 12.3. The van der Waals surface area contributed by atoms with Crippen molar-refractivity contribution in [3.63, 3.8) is 0 Å². The summed E-state index contributed by atoms with van der Waals surface area (Å²) in [5.74, 6) is 4.78. The molecule has 0 aromatic heterocycles. The smallest absolute Gasteiger partial charge is 0.264 e. The molecule has 2 nitrogen and oxygen atoms in total. The van der Waals surface area contributed by atoms with Gasteiger partial charge in [-0.25, -0.2) is 14.7 Å². The first-order chi connectivity index (χ1) is 5.75. The maximum absolute atomic E-state index is 12.3. The lowest BCUT2D eigenvalue weighted by molar-refractivity contribution is 0.114. The van der Waals surface area contributed by atoms with Crippen LogP contribution < -0.4 is 5.90 Å². The topological polar surface area (TPSA) is 35.2 Å². The first kappa shape index (κ1) is 9.09. The van der Waals surface area contributed by atoms with Crippen LogP contribution in [0.15, 0.2) is 24.3 Å². The van der Waals surface area contributed by atoms with Crippen LogP contribution in [0.4, 0.5) is 8.78 Å². The highest BCUT2D eigenvalue weighted by atomic mass is 19.3. The lowest BCUT2D eigenvalue weighted by Crippen LogP contribution is -2.02. The van der Waals surface area contributed by atoms with Gasteiger partial charge in [0.25, 0.3) is 6.43 Å². The Morgan fingerprint density at radius 1 is 1.33 bits per heavy atom. The van der Waals surface area contributed by atoms with Gasteiger partial charge in [-0.05, 0) is 5.56 Å². The highest BCUT2D eigenvalue weighted by Gasteiger charge is 2.10. The van der Waals surface area contributed by atoms with Gasteiger partial charge in [-0.2, -0.15) is 0 Å². The van der Waals surface area contributed by atoms with E-state index in [1.165, 1.54) is 6.07 Å². The summed E-state index contributed by atoms with van der Waals surface area (Å²) in [7, 11) is 0. The predicted octanol–water partition coefficient (Wildman–Crippen LogP) is 2.01. The molecule has 66 valence electrons. The molecule has 1 aromatic rings. The molecule has 0 bridgehead atoms. The normalized spacial score (nSPS) is 10.7. The van der Waals surface area contributed by atoms with Crippen molar-refractivity contribution in [2.45, 2.75) is 13.0 Å². The van der Waals surface area contributed by atoms with Crippen molar-refractivity contribution in [3.8, 4) is 0 Å². The molecule has 1 rings (SSSR count). The standard InChI is InChI=1S/C8H9F2NO/c9-8(10)7-4-2-1-3-6(7)5-12-11/h1-4,8H,5,11H2. The van der Waals surface area contributed by atoms with Crippen molar-refractivity contribution in [2.75, 3.05) is 0 Å². The average molecular weight is 173 g/mol. The number of benzene rings is 1. The predicted molar refractivity (Wildman–Crippen MR) is 40.4 cm³/mol.